The van der Waals surface area contributed by atoms with Gasteiger partial charge >= 0.3 is 0 Å². The zero-order valence-electron chi connectivity index (χ0n) is 16.3. The predicted octanol–water partition coefficient (Wildman–Crippen LogP) is 1.52. The zero-order valence-corrected chi connectivity index (χ0v) is 20.3. The van der Waals surface area contributed by atoms with E-state index in [1.54, 1.807) is 22.7 Å². The second-order valence-electron chi connectivity index (χ2n) is 6.39. The van der Waals surface area contributed by atoms with Crippen LogP contribution in [0.1, 0.15) is 23.7 Å². The summed E-state index contributed by atoms with van der Waals surface area (Å²) in [6.45, 7) is 8.83. The van der Waals surface area contributed by atoms with E-state index in [0.717, 1.165) is 11.0 Å². The number of halogens is 1. The number of guanidine groups is 1. The molecule has 0 unspecified atom stereocenters. The standard InChI is InChI=1S/C16H29N5O3S2.HI/c1-13(2)24-9-10-26(22,23)21-7-5-20(6-8-21)16(17-4)19-12-15-18-11-14(3)25-15;/h11,13H,5-10,12H2,1-4H3,(H,17,19);1H. The van der Waals surface area contributed by atoms with Crippen LogP contribution in [-0.4, -0.2) is 80.3 Å². The van der Waals surface area contributed by atoms with E-state index in [9.17, 15) is 8.42 Å². The number of sulfonamides is 1. The molecule has 11 heteroatoms. The van der Waals surface area contributed by atoms with Gasteiger partial charge in [-0.15, -0.1) is 35.3 Å². The summed E-state index contributed by atoms with van der Waals surface area (Å²) in [5, 5.41) is 4.31. The minimum Gasteiger partial charge on any atom is -0.378 e. The predicted molar refractivity (Wildman–Crippen MR) is 120 cm³/mol. The lowest BCUT2D eigenvalue weighted by Gasteiger charge is -2.35. The number of hydrogen-bond acceptors (Lipinski definition) is 6. The van der Waals surface area contributed by atoms with Crippen molar-refractivity contribution in [2.24, 2.45) is 4.99 Å². The molecule has 8 nitrogen and oxygen atoms in total. The first-order chi connectivity index (χ1) is 12.3. The Balaban J connectivity index is 0.00000364. The summed E-state index contributed by atoms with van der Waals surface area (Å²) < 4.78 is 31.7. The van der Waals surface area contributed by atoms with Gasteiger partial charge in [0.2, 0.25) is 10.0 Å². The van der Waals surface area contributed by atoms with Crippen molar-refractivity contribution >= 4 is 51.3 Å². The highest BCUT2D eigenvalue weighted by atomic mass is 127. The molecule has 1 aliphatic rings. The molecule has 0 spiro atoms. The van der Waals surface area contributed by atoms with Crippen LogP contribution in [0.4, 0.5) is 0 Å². The number of rotatable bonds is 7. The largest absolute Gasteiger partial charge is 0.378 e. The number of aryl methyl sites for hydroxylation is 1. The Kier molecular flexibility index (Phi) is 10.4. The fourth-order valence-corrected chi connectivity index (χ4v) is 4.68. The Labute approximate surface area is 183 Å². The molecule has 0 amide bonds. The lowest BCUT2D eigenvalue weighted by Crippen LogP contribution is -2.54. The topological polar surface area (TPSA) is 87.1 Å². The van der Waals surface area contributed by atoms with Gasteiger partial charge in [-0.3, -0.25) is 4.99 Å². The minimum atomic E-state index is -3.27. The average Bonchev–Trinajstić information content (AvgIpc) is 3.01. The first-order valence-corrected chi connectivity index (χ1v) is 11.2. The summed E-state index contributed by atoms with van der Waals surface area (Å²) in [6, 6.07) is 0. The number of aliphatic imine (C=N–C) groups is 1. The van der Waals surface area contributed by atoms with E-state index >= 15 is 0 Å². The first kappa shape index (κ1) is 24.5. The van der Waals surface area contributed by atoms with Crippen LogP contribution in [0.15, 0.2) is 11.2 Å². The number of hydrogen-bond donors (Lipinski definition) is 1. The van der Waals surface area contributed by atoms with E-state index in [4.69, 9.17) is 4.74 Å². The van der Waals surface area contributed by atoms with Gasteiger partial charge in [-0.1, -0.05) is 0 Å². The van der Waals surface area contributed by atoms with Gasteiger partial charge in [0, 0.05) is 44.3 Å². The molecule has 2 heterocycles. The van der Waals surface area contributed by atoms with Crippen LogP contribution < -0.4 is 5.32 Å². The maximum atomic E-state index is 12.4. The summed E-state index contributed by atoms with van der Waals surface area (Å²) >= 11 is 1.65. The molecule has 1 N–H and O–H groups in total. The van der Waals surface area contributed by atoms with E-state index in [-0.39, 0.29) is 42.4 Å². The second kappa shape index (κ2) is 11.5. The molecular weight excluding hydrogens is 501 g/mol. The van der Waals surface area contributed by atoms with Crippen molar-refractivity contribution in [2.75, 3.05) is 45.6 Å². The highest BCUT2D eigenvalue weighted by molar-refractivity contribution is 14.0. The average molecular weight is 531 g/mol. The Morgan fingerprint density at radius 1 is 1.37 bits per heavy atom. The van der Waals surface area contributed by atoms with E-state index in [2.05, 4.69) is 20.2 Å². The number of nitrogens with zero attached hydrogens (tertiary/aromatic N) is 4. The SMILES string of the molecule is CN=C(NCc1ncc(C)s1)N1CCN(S(=O)(=O)CCOC(C)C)CC1.I. The Morgan fingerprint density at radius 3 is 2.56 bits per heavy atom. The van der Waals surface area contributed by atoms with Gasteiger partial charge in [0.05, 0.1) is 25.0 Å². The molecule has 0 atom stereocenters. The van der Waals surface area contributed by atoms with E-state index in [0.29, 0.717) is 32.7 Å². The lowest BCUT2D eigenvalue weighted by molar-refractivity contribution is 0.0904. The van der Waals surface area contributed by atoms with Crippen molar-refractivity contribution < 1.29 is 13.2 Å². The number of ether oxygens (including phenoxy) is 1. The maximum Gasteiger partial charge on any atom is 0.216 e. The Hall–Kier alpha value is -0.500. The van der Waals surface area contributed by atoms with Crippen molar-refractivity contribution in [1.29, 1.82) is 0 Å². The minimum absolute atomic E-state index is 0. The van der Waals surface area contributed by atoms with Gasteiger partial charge in [-0.05, 0) is 20.8 Å². The molecular formula is C16H30IN5O3S2. The summed E-state index contributed by atoms with van der Waals surface area (Å²) in [4.78, 5) is 11.9. The van der Waals surface area contributed by atoms with E-state index in [1.807, 2.05) is 27.0 Å². The van der Waals surface area contributed by atoms with Gasteiger partial charge < -0.3 is 15.0 Å². The quantitative estimate of drug-likeness (QED) is 0.326. The number of nitrogens with one attached hydrogen (secondary N) is 1. The van der Waals surface area contributed by atoms with Crippen LogP contribution >= 0.6 is 35.3 Å². The Bertz CT molecular complexity index is 701. The third-order valence-corrected chi connectivity index (χ3v) is 6.75. The van der Waals surface area contributed by atoms with E-state index < -0.39 is 10.0 Å². The lowest BCUT2D eigenvalue weighted by atomic mass is 10.4. The molecule has 1 fully saturated rings. The summed E-state index contributed by atoms with van der Waals surface area (Å²) in [5.41, 5.74) is 0. The number of aromatic nitrogens is 1. The van der Waals surface area contributed by atoms with Gasteiger partial charge in [0.15, 0.2) is 5.96 Å². The van der Waals surface area contributed by atoms with E-state index in [1.165, 1.54) is 4.88 Å². The highest BCUT2D eigenvalue weighted by Crippen LogP contribution is 2.12. The van der Waals surface area contributed by atoms with Gasteiger partial charge in [-0.2, -0.15) is 4.31 Å². The fourth-order valence-electron chi connectivity index (χ4n) is 2.67. The van der Waals surface area contributed by atoms with Gasteiger partial charge in [-0.25, -0.2) is 13.4 Å². The molecule has 1 saturated heterocycles. The summed E-state index contributed by atoms with van der Waals surface area (Å²) in [6.07, 6.45) is 1.90. The molecule has 1 aromatic rings. The number of thiazole rings is 1. The van der Waals surface area contributed by atoms with Crippen molar-refractivity contribution in [3.63, 3.8) is 0 Å². The van der Waals surface area contributed by atoms with Crippen LogP contribution in [0.25, 0.3) is 0 Å². The molecule has 0 saturated carbocycles. The molecule has 2 rings (SSSR count). The molecule has 0 bridgehead atoms. The molecule has 27 heavy (non-hydrogen) atoms. The zero-order chi connectivity index (χ0) is 19.2. The van der Waals surface area contributed by atoms with Crippen molar-refractivity contribution in [3.05, 3.63) is 16.1 Å². The smallest absolute Gasteiger partial charge is 0.216 e. The molecule has 1 aromatic heterocycles. The maximum absolute atomic E-state index is 12.4. The third kappa shape index (κ3) is 7.80. The first-order valence-electron chi connectivity index (χ1n) is 8.78. The highest BCUT2D eigenvalue weighted by Gasteiger charge is 2.28. The summed E-state index contributed by atoms with van der Waals surface area (Å²) in [5.74, 6) is 0.805. The monoisotopic (exact) mass is 531 g/mol. The van der Waals surface area contributed by atoms with Crippen molar-refractivity contribution in [2.45, 2.75) is 33.4 Å². The molecule has 0 aliphatic carbocycles. The van der Waals surface area contributed by atoms with Crippen molar-refractivity contribution in [1.82, 2.24) is 19.5 Å². The van der Waals surface area contributed by atoms with Gasteiger partial charge in [0.25, 0.3) is 0 Å². The third-order valence-electron chi connectivity index (χ3n) is 4.00. The summed E-state index contributed by atoms with van der Waals surface area (Å²) in [7, 11) is -1.54. The van der Waals surface area contributed by atoms with Crippen LogP contribution in [0.5, 0.6) is 0 Å². The fraction of sp³-hybridized carbons (Fsp3) is 0.750. The molecule has 156 valence electrons. The van der Waals surface area contributed by atoms with Crippen LogP contribution in [0.2, 0.25) is 0 Å². The second-order valence-corrected chi connectivity index (χ2v) is 9.79. The Morgan fingerprint density at radius 2 is 2.04 bits per heavy atom. The van der Waals surface area contributed by atoms with Crippen LogP contribution in [0, 0.1) is 6.92 Å². The van der Waals surface area contributed by atoms with Gasteiger partial charge in [0.1, 0.15) is 5.01 Å². The molecule has 0 aromatic carbocycles. The molecule has 0 radical (unpaired) electrons. The molecule has 1 aliphatic heterocycles. The van der Waals surface area contributed by atoms with Crippen LogP contribution in [0.3, 0.4) is 0 Å². The van der Waals surface area contributed by atoms with Crippen molar-refractivity contribution in [3.8, 4) is 0 Å². The van der Waals surface area contributed by atoms with Crippen LogP contribution in [-0.2, 0) is 21.3 Å². The number of piperazine rings is 1. The normalized spacial score (nSPS) is 16.5.